The number of benzene rings is 3. The molecule has 1 fully saturated rings. The minimum absolute atomic E-state index is 0.138. The number of carboxylic acids is 1. The first-order chi connectivity index (χ1) is 15.9. The Bertz CT molecular complexity index is 1230. The highest BCUT2D eigenvalue weighted by molar-refractivity contribution is 8.18. The second-order valence-electron chi connectivity index (χ2n) is 7.56. The van der Waals surface area contributed by atoms with E-state index < -0.39 is 5.97 Å². The van der Waals surface area contributed by atoms with Gasteiger partial charge >= 0.3 is 5.97 Å². The van der Waals surface area contributed by atoms with Crippen LogP contribution in [0, 0.1) is 6.92 Å². The van der Waals surface area contributed by atoms with Gasteiger partial charge in [0.15, 0.2) is 5.17 Å². The summed E-state index contributed by atoms with van der Waals surface area (Å²) in [6, 6.07) is 22.0. The normalized spacial score (nSPS) is 15.9. The predicted octanol–water partition coefficient (Wildman–Crippen LogP) is 5.51. The van der Waals surface area contributed by atoms with Gasteiger partial charge in [0.05, 0.1) is 16.2 Å². The highest BCUT2D eigenvalue weighted by Crippen LogP contribution is 2.33. The number of amidine groups is 1. The molecule has 0 radical (unpaired) electrons. The van der Waals surface area contributed by atoms with Crippen LogP contribution in [-0.2, 0) is 11.4 Å². The number of hydrogen-bond acceptors (Lipinski definition) is 5. The van der Waals surface area contributed by atoms with Crippen molar-refractivity contribution in [3.63, 3.8) is 0 Å². The van der Waals surface area contributed by atoms with Crippen molar-refractivity contribution in [3.05, 3.63) is 100.0 Å². The van der Waals surface area contributed by atoms with Crippen molar-refractivity contribution >= 4 is 40.6 Å². The van der Waals surface area contributed by atoms with Crippen LogP contribution in [-0.4, -0.2) is 34.1 Å². The summed E-state index contributed by atoms with van der Waals surface area (Å²) in [5.74, 6) is -0.374. The maximum Gasteiger partial charge on any atom is 0.335 e. The Morgan fingerprint density at radius 1 is 1.03 bits per heavy atom. The standard InChI is InChI=1S/C26H22N2O4S/c1-17-3-5-19(6-4-17)16-32-22-13-7-18(8-14-22)15-23-24(29)28(2)26(33-23)27-21-11-9-20(10-12-21)25(30)31/h3-15H,16H2,1-2H3,(H,30,31)/b23-15-,27-26?. The maximum atomic E-state index is 12.7. The summed E-state index contributed by atoms with van der Waals surface area (Å²) in [4.78, 5) is 30.2. The number of rotatable bonds is 6. The SMILES string of the molecule is Cc1ccc(COc2ccc(/C=C3\SC(=Nc4ccc(C(=O)O)cc4)N(C)C3=O)cc2)cc1. The Morgan fingerprint density at radius 2 is 1.70 bits per heavy atom. The molecule has 3 aromatic rings. The third kappa shape index (κ3) is 5.51. The van der Waals surface area contributed by atoms with Crippen LogP contribution in [0.4, 0.5) is 5.69 Å². The topological polar surface area (TPSA) is 79.2 Å². The fraction of sp³-hybridized carbons (Fsp3) is 0.115. The Balaban J connectivity index is 1.43. The first-order valence-corrected chi connectivity index (χ1v) is 11.1. The monoisotopic (exact) mass is 458 g/mol. The number of carboxylic acid groups (broad SMARTS) is 1. The number of ether oxygens (including phenoxy) is 1. The molecule has 1 amide bonds. The molecule has 0 aliphatic carbocycles. The average Bonchev–Trinajstić information content (AvgIpc) is 3.07. The van der Waals surface area contributed by atoms with Crippen LogP contribution in [0.25, 0.3) is 6.08 Å². The Labute approximate surface area is 196 Å². The number of aryl methyl sites for hydroxylation is 1. The van der Waals surface area contributed by atoms with Gasteiger partial charge < -0.3 is 9.84 Å². The first-order valence-electron chi connectivity index (χ1n) is 10.3. The second-order valence-corrected chi connectivity index (χ2v) is 8.57. The summed E-state index contributed by atoms with van der Waals surface area (Å²) in [6.07, 6.45) is 1.82. The van der Waals surface area contributed by atoms with Crippen LogP contribution in [0.5, 0.6) is 5.75 Å². The number of aromatic carboxylic acids is 1. The van der Waals surface area contributed by atoms with E-state index in [1.54, 1.807) is 19.2 Å². The number of carbonyl (C=O) groups excluding carboxylic acids is 1. The summed E-state index contributed by atoms with van der Waals surface area (Å²) < 4.78 is 5.84. The summed E-state index contributed by atoms with van der Waals surface area (Å²) >= 11 is 1.28. The van der Waals surface area contributed by atoms with E-state index in [2.05, 4.69) is 24.0 Å². The molecule has 0 spiro atoms. The van der Waals surface area contributed by atoms with Crippen molar-refractivity contribution in [1.29, 1.82) is 0 Å². The zero-order valence-electron chi connectivity index (χ0n) is 18.2. The lowest BCUT2D eigenvalue weighted by atomic mass is 10.1. The van der Waals surface area contributed by atoms with E-state index in [-0.39, 0.29) is 11.5 Å². The van der Waals surface area contributed by atoms with Gasteiger partial charge in [-0.1, -0.05) is 42.0 Å². The third-order valence-corrected chi connectivity index (χ3v) is 6.11. The average molecular weight is 459 g/mol. The molecule has 0 saturated carbocycles. The van der Waals surface area contributed by atoms with Gasteiger partial charge in [-0.2, -0.15) is 0 Å². The van der Waals surface area contributed by atoms with Gasteiger partial charge in [-0.05, 0) is 72.3 Å². The highest BCUT2D eigenvalue weighted by Gasteiger charge is 2.30. The number of aliphatic imine (C=N–C) groups is 1. The Morgan fingerprint density at radius 3 is 2.33 bits per heavy atom. The Kier molecular flexibility index (Phi) is 6.60. The van der Waals surface area contributed by atoms with Crippen LogP contribution < -0.4 is 4.74 Å². The molecule has 3 aromatic carbocycles. The van der Waals surface area contributed by atoms with Crippen molar-refractivity contribution in [2.24, 2.45) is 4.99 Å². The maximum absolute atomic E-state index is 12.7. The van der Waals surface area contributed by atoms with Gasteiger partial charge in [0.1, 0.15) is 12.4 Å². The molecule has 4 rings (SSSR count). The lowest BCUT2D eigenvalue weighted by Gasteiger charge is -2.07. The second kappa shape index (κ2) is 9.75. The van der Waals surface area contributed by atoms with Crippen molar-refractivity contribution < 1.29 is 19.4 Å². The molecule has 33 heavy (non-hydrogen) atoms. The van der Waals surface area contributed by atoms with Crippen molar-refractivity contribution in [1.82, 2.24) is 4.90 Å². The van der Waals surface area contributed by atoms with Crippen LogP contribution in [0.15, 0.2) is 82.7 Å². The number of carbonyl (C=O) groups is 2. The van der Waals surface area contributed by atoms with E-state index in [0.29, 0.717) is 22.4 Å². The third-order valence-electron chi connectivity index (χ3n) is 5.05. The van der Waals surface area contributed by atoms with Gasteiger partial charge in [0, 0.05) is 7.05 Å². The predicted molar refractivity (Wildman–Crippen MR) is 131 cm³/mol. The van der Waals surface area contributed by atoms with E-state index >= 15 is 0 Å². The molecule has 1 aliphatic heterocycles. The van der Waals surface area contributed by atoms with E-state index in [1.807, 2.05) is 42.5 Å². The van der Waals surface area contributed by atoms with Gasteiger partial charge in [-0.15, -0.1) is 0 Å². The minimum Gasteiger partial charge on any atom is -0.489 e. The number of nitrogens with zero attached hydrogens (tertiary/aromatic N) is 2. The summed E-state index contributed by atoms with van der Waals surface area (Å²) in [7, 11) is 1.67. The molecule has 0 aromatic heterocycles. The van der Waals surface area contributed by atoms with E-state index in [1.165, 1.54) is 34.4 Å². The summed E-state index contributed by atoms with van der Waals surface area (Å²) in [5, 5.41) is 9.55. The molecular formula is C26H22N2O4S. The van der Waals surface area contributed by atoms with Gasteiger partial charge in [-0.3, -0.25) is 9.69 Å². The van der Waals surface area contributed by atoms with E-state index in [4.69, 9.17) is 9.84 Å². The summed E-state index contributed by atoms with van der Waals surface area (Å²) in [6.45, 7) is 2.55. The molecular weight excluding hydrogens is 436 g/mol. The number of thioether (sulfide) groups is 1. The zero-order valence-corrected chi connectivity index (χ0v) is 19.0. The molecule has 6 nitrogen and oxygen atoms in total. The molecule has 1 heterocycles. The quantitative estimate of drug-likeness (QED) is 0.493. The fourth-order valence-corrected chi connectivity index (χ4v) is 4.09. The van der Waals surface area contributed by atoms with Crippen LogP contribution >= 0.6 is 11.8 Å². The largest absolute Gasteiger partial charge is 0.489 e. The lowest BCUT2D eigenvalue weighted by Crippen LogP contribution is -2.23. The van der Waals surface area contributed by atoms with Crippen LogP contribution in [0.1, 0.15) is 27.0 Å². The molecule has 7 heteroatoms. The van der Waals surface area contributed by atoms with Gasteiger partial charge in [0.2, 0.25) is 0 Å². The molecule has 0 unspecified atom stereocenters. The van der Waals surface area contributed by atoms with E-state index in [0.717, 1.165) is 16.9 Å². The zero-order chi connectivity index (χ0) is 23.4. The van der Waals surface area contributed by atoms with Crippen LogP contribution in [0.2, 0.25) is 0 Å². The minimum atomic E-state index is -0.992. The molecule has 0 atom stereocenters. The van der Waals surface area contributed by atoms with Crippen LogP contribution in [0.3, 0.4) is 0 Å². The molecule has 0 bridgehead atoms. The summed E-state index contributed by atoms with van der Waals surface area (Å²) in [5.41, 5.74) is 3.97. The van der Waals surface area contributed by atoms with Crippen molar-refractivity contribution in [3.8, 4) is 5.75 Å². The number of amides is 1. The van der Waals surface area contributed by atoms with Crippen molar-refractivity contribution in [2.75, 3.05) is 7.05 Å². The van der Waals surface area contributed by atoms with E-state index in [9.17, 15) is 9.59 Å². The fourth-order valence-electron chi connectivity index (χ4n) is 3.10. The number of likely N-dealkylation sites (N-methyl/N-ethyl adjacent to an activating group) is 1. The van der Waals surface area contributed by atoms with Gasteiger partial charge in [-0.25, -0.2) is 9.79 Å². The Hall–Kier alpha value is -3.84. The molecule has 1 saturated heterocycles. The highest BCUT2D eigenvalue weighted by atomic mass is 32.2. The number of hydrogen-bond donors (Lipinski definition) is 1. The first kappa shape index (κ1) is 22.4. The molecule has 1 aliphatic rings. The lowest BCUT2D eigenvalue weighted by molar-refractivity contribution is -0.121. The van der Waals surface area contributed by atoms with Gasteiger partial charge in [0.25, 0.3) is 5.91 Å². The van der Waals surface area contributed by atoms with Crippen molar-refractivity contribution in [2.45, 2.75) is 13.5 Å². The molecule has 166 valence electrons. The molecule has 1 N–H and O–H groups in total. The smallest absolute Gasteiger partial charge is 0.335 e.